The highest BCUT2D eigenvalue weighted by molar-refractivity contribution is 6.00. The maximum Gasteiger partial charge on any atom is 0.255 e. The van der Waals surface area contributed by atoms with Gasteiger partial charge in [-0.15, -0.1) is 0 Å². The number of rotatable bonds is 7. The van der Waals surface area contributed by atoms with Crippen LogP contribution >= 0.6 is 0 Å². The first-order valence-electron chi connectivity index (χ1n) is 9.12. The predicted molar refractivity (Wildman–Crippen MR) is 109 cm³/mol. The van der Waals surface area contributed by atoms with Crippen LogP contribution in [0.3, 0.4) is 0 Å². The summed E-state index contributed by atoms with van der Waals surface area (Å²) in [5.41, 5.74) is 7.58. The van der Waals surface area contributed by atoms with Crippen LogP contribution in [-0.4, -0.2) is 28.1 Å². The minimum atomic E-state index is -0.831. The highest BCUT2D eigenvalue weighted by atomic mass is 16.2. The van der Waals surface area contributed by atoms with Crippen molar-refractivity contribution in [3.05, 3.63) is 78.0 Å². The fraction of sp³-hybridized carbons (Fsp3) is 0.227. The molecule has 2 aromatic carbocycles. The molecular weight excluding hydrogens is 352 g/mol. The van der Waals surface area contributed by atoms with Crippen LogP contribution in [0.1, 0.15) is 29.8 Å². The van der Waals surface area contributed by atoms with Crippen molar-refractivity contribution in [2.24, 2.45) is 11.1 Å². The topological polar surface area (TPSA) is 90.0 Å². The summed E-state index contributed by atoms with van der Waals surface area (Å²) in [7, 11) is 0. The van der Waals surface area contributed by atoms with Gasteiger partial charge in [0.2, 0.25) is 5.91 Å². The molecule has 3 N–H and O–H groups in total. The Morgan fingerprint density at radius 2 is 1.64 bits per heavy atom. The number of nitrogens with one attached hydrogen (secondary N) is 1. The molecule has 6 heteroatoms. The van der Waals surface area contributed by atoms with E-state index in [0.29, 0.717) is 17.8 Å². The molecule has 3 rings (SSSR count). The van der Waals surface area contributed by atoms with Gasteiger partial charge in [0.05, 0.1) is 17.5 Å². The Labute approximate surface area is 164 Å². The summed E-state index contributed by atoms with van der Waals surface area (Å²) in [5.74, 6) is -0.747. The molecule has 0 aliphatic carbocycles. The monoisotopic (exact) mass is 376 g/mol. The smallest absolute Gasteiger partial charge is 0.255 e. The Kier molecular flexibility index (Phi) is 5.59. The molecule has 0 saturated carbocycles. The van der Waals surface area contributed by atoms with Gasteiger partial charge in [-0.2, -0.15) is 5.10 Å². The first-order chi connectivity index (χ1) is 13.4. The summed E-state index contributed by atoms with van der Waals surface area (Å²) in [6.07, 6.45) is 1.74. The maximum absolute atomic E-state index is 12.9. The number of amides is 2. The molecule has 6 nitrogen and oxygen atoms in total. The van der Waals surface area contributed by atoms with E-state index in [1.54, 1.807) is 24.7 Å². The number of benzene rings is 2. The van der Waals surface area contributed by atoms with Gasteiger partial charge < -0.3 is 11.1 Å². The van der Waals surface area contributed by atoms with Gasteiger partial charge in [0.25, 0.3) is 5.91 Å². The highest BCUT2D eigenvalue weighted by Crippen LogP contribution is 2.23. The SMILES string of the molecule is CC(C)(CNC(=O)c1cn(Cc2ccccc2)nc1-c1ccccc1)C(N)=O. The van der Waals surface area contributed by atoms with E-state index < -0.39 is 11.3 Å². The van der Waals surface area contributed by atoms with Crippen molar-refractivity contribution in [3.8, 4) is 11.3 Å². The summed E-state index contributed by atoms with van der Waals surface area (Å²) in [6, 6.07) is 19.5. The van der Waals surface area contributed by atoms with E-state index in [1.165, 1.54) is 0 Å². The average molecular weight is 376 g/mol. The van der Waals surface area contributed by atoms with E-state index in [2.05, 4.69) is 10.4 Å². The number of aromatic nitrogens is 2. The standard InChI is InChI=1S/C22H24N4O2/c1-22(2,21(23)28)15-24-20(27)18-14-26(13-16-9-5-3-6-10-16)25-19(18)17-11-7-4-8-12-17/h3-12,14H,13,15H2,1-2H3,(H2,23,28)(H,24,27). The Morgan fingerprint density at radius 1 is 1.04 bits per heavy atom. The van der Waals surface area contributed by atoms with Crippen LogP contribution in [0.2, 0.25) is 0 Å². The number of hydrogen-bond donors (Lipinski definition) is 2. The summed E-state index contributed by atoms with van der Waals surface area (Å²) >= 11 is 0. The maximum atomic E-state index is 12.9. The second-order valence-electron chi connectivity index (χ2n) is 7.37. The van der Waals surface area contributed by atoms with Gasteiger partial charge in [-0.05, 0) is 19.4 Å². The molecule has 0 aliphatic rings. The third-order valence-corrected chi connectivity index (χ3v) is 4.60. The van der Waals surface area contributed by atoms with Crippen LogP contribution < -0.4 is 11.1 Å². The average Bonchev–Trinajstić information content (AvgIpc) is 3.11. The lowest BCUT2D eigenvalue weighted by Crippen LogP contribution is -2.42. The summed E-state index contributed by atoms with van der Waals surface area (Å²) in [5, 5.41) is 7.46. The zero-order chi connectivity index (χ0) is 20.1. The Balaban J connectivity index is 1.89. The van der Waals surface area contributed by atoms with Crippen molar-refractivity contribution in [1.82, 2.24) is 15.1 Å². The second kappa shape index (κ2) is 8.08. The number of carbonyl (C=O) groups is 2. The largest absolute Gasteiger partial charge is 0.369 e. The molecular formula is C22H24N4O2. The van der Waals surface area contributed by atoms with Gasteiger partial charge in [0.1, 0.15) is 5.69 Å². The first-order valence-corrected chi connectivity index (χ1v) is 9.12. The molecule has 0 aliphatic heterocycles. The quantitative estimate of drug-likeness (QED) is 0.664. The Bertz CT molecular complexity index is 963. The lowest BCUT2D eigenvalue weighted by molar-refractivity contribution is -0.125. The van der Waals surface area contributed by atoms with Crippen molar-refractivity contribution in [2.45, 2.75) is 20.4 Å². The molecule has 0 fully saturated rings. The molecule has 0 spiro atoms. The molecule has 0 atom stereocenters. The lowest BCUT2D eigenvalue weighted by atomic mass is 9.92. The van der Waals surface area contributed by atoms with E-state index >= 15 is 0 Å². The summed E-state index contributed by atoms with van der Waals surface area (Å²) in [6.45, 7) is 4.11. The van der Waals surface area contributed by atoms with Crippen LogP contribution in [-0.2, 0) is 11.3 Å². The van der Waals surface area contributed by atoms with Crippen LogP contribution in [0.15, 0.2) is 66.9 Å². The fourth-order valence-electron chi connectivity index (χ4n) is 2.73. The van der Waals surface area contributed by atoms with Crippen molar-refractivity contribution in [1.29, 1.82) is 0 Å². The predicted octanol–water partition coefficient (Wildman–Crippen LogP) is 2.84. The number of nitrogens with zero attached hydrogens (tertiary/aromatic N) is 2. The van der Waals surface area contributed by atoms with Crippen LogP contribution in [0.25, 0.3) is 11.3 Å². The molecule has 28 heavy (non-hydrogen) atoms. The van der Waals surface area contributed by atoms with Gasteiger partial charge in [-0.25, -0.2) is 0 Å². The van der Waals surface area contributed by atoms with E-state index in [4.69, 9.17) is 5.73 Å². The molecule has 3 aromatic rings. The van der Waals surface area contributed by atoms with E-state index in [-0.39, 0.29) is 12.5 Å². The van der Waals surface area contributed by atoms with Gasteiger partial charge in [0.15, 0.2) is 0 Å². The number of primary amides is 1. The van der Waals surface area contributed by atoms with E-state index in [0.717, 1.165) is 11.1 Å². The normalized spacial score (nSPS) is 11.2. The third kappa shape index (κ3) is 4.46. The van der Waals surface area contributed by atoms with Crippen molar-refractivity contribution in [2.75, 3.05) is 6.54 Å². The van der Waals surface area contributed by atoms with E-state index in [9.17, 15) is 9.59 Å². The van der Waals surface area contributed by atoms with Crippen LogP contribution in [0.5, 0.6) is 0 Å². The third-order valence-electron chi connectivity index (χ3n) is 4.60. The summed E-state index contributed by atoms with van der Waals surface area (Å²) < 4.78 is 1.76. The fourth-order valence-corrected chi connectivity index (χ4v) is 2.73. The minimum Gasteiger partial charge on any atom is -0.369 e. The van der Waals surface area contributed by atoms with Gasteiger partial charge in [-0.1, -0.05) is 60.7 Å². The number of hydrogen-bond acceptors (Lipinski definition) is 3. The molecule has 0 bridgehead atoms. The number of nitrogens with two attached hydrogens (primary N) is 1. The van der Waals surface area contributed by atoms with Crippen LogP contribution in [0, 0.1) is 5.41 Å². The molecule has 1 aromatic heterocycles. The molecule has 2 amide bonds. The Morgan fingerprint density at radius 3 is 2.25 bits per heavy atom. The highest BCUT2D eigenvalue weighted by Gasteiger charge is 2.27. The zero-order valence-corrected chi connectivity index (χ0v) is 16.1. The van der Waals surface area contributed by atoms with Crippen LogP contribution in [0.4, 0.5) is 0 Å². The lowest BCUT2D eigenvalue weighted by Gasteiger charge is -2.20. The Hall–Kier alpha value is -3.41. The second-order valence-corrected chi connectivity index (χ2v) is 7.37. The van der Waals surface area contributed by atoms with Gasteiger partial charge >= 0.3 is 0 Å². The molecule has 0 radical (unpaired) electrons. The van der Waals surface area contributed by atoms with E-state index in [1.807, 2.05) is 60.7 Å². The molecule has 0 saturated heterocycles. The van der Waals surface area contributed by atoms with Crippen molar-refractivity contribution < 1.29 is 9.59 Å². The molecule has 1 heterocycles. The first kappa shape index (κ1) is 19.4. The minimum absolute atomic E-state index is 0.152. The zero-order valence-electron chi connectivity index (χ0n) is 16.1. The van der Waals surface area contributed by atoms with Gasteiger partial charge in [-0.3, -0.25) is 14.3 Å². The van der Waals surface area contributed by atoms with Crippen molar-refractivity contribution >= 4 is 11.8 Å². The number of carbonyl (C=O) groups excluding carboxylic acids is 2. The summed E-state index contributed by atoms with van der Waals surface area (Å²) in [4.78, 5) is 24.4. The van der Waals surface area contributed by atoms with Gasteiger partial charge in [0, 0.05) is 18.3 Å². The van der Waals surface area contributed by atoms with Crippen molar-refractivity contribution in [3.63, 3.8) is 0 Å². The molecule has 0 unspecified atom stereocenters. The molecule has 144 valence electrons.